The number of morpholine rings is 1. The standard InChI is InChI=1S/C21H28N4O2/c1-3-17-6-4-5-16(2)20(17)24-21(26)19-8-7-18(15-23-19)22-9-10-25-11-13-27-14-12-25/h4-8,15,22H,3,9-14H2,1-2H3,(H,24,26). The van der Waals surface area contributed by atoms with E-state index in [0.29, 0.717) is 5.69 Å². The molecule has 2 aromatic rings. The van der Waals surface area contributed by atoms with E-state index in [4.69, 9.17) is 4.74 Å². The van der Waals surface area contributed by atoms with Gasteiger partial charge in [0.25, 0.3) is 5.91 Å². The Morgan fingerprint density at radius 3 is 2.74 bits per heavy atom. The highest BCUT2D eigenvalue weighted by atomic mass is 16.5. The van der Waals surface area contributed by atoms with Crippen LogP contribution in [0.5, 0.6) is 0 Å². The number of aromatic nitrogens is 1. The maximum Gasteiger partial charge on any atom is 0.274 e. The van der Waals surface area contributed by atoms with E-state index in [2.05, 4.69) is 27.4 Å². The van der Waals surface area contributed by atoms with Gasteiger partial charge in [0.1, 0.15) is 5.69 Å². The molecular weight excluding hydrogens is 340 g/mol. The number of nitrogens with one attached hydrogen (secondary N) is 2. The first-order chi connectivity index (χ1) is 13.2. The number of hydrogen-bond donors (Lipinski definition) is 2. The number of ether oxygens (including phenoxy) is 1. The van der Waals surface area contributed by atoms with E-state index in [0.717, 1.165) is 68.3 Å². The van der Waals surface area contributed by atoms with Gasteiger partial charge in [0.2, 0.25) is 0 Å². The molecule has 1 aromatic heterocycles. The van der Waals surface area contributed by atoms with Crippen molar-refractivity contribution in [3.63, 3.8) is 0 Å². The fraction of sp³-hybridized carbons (Fsp3) is 0.429. The smallest absolute Gasteiger partial charge is 0.274 e. The van der Waals surface area contributed by atoms with Gasteiger partial charge >= 0.3 is 0 Å². The zero-order valence-electron chi connectivity index (χ0n) is 16.1. The number of nitrogens with zero attached hydrogens (tertiary/aromatic N) is 2. The van der Waals surface area contributed by atoms with Crippen molar-refractivity contribution < 1.29 is 9.53 Å². The van der Waals surface area contributed by atoms with Crippen LogP contribution in [0.2, 0.25) is 0 Å². The Balaban J connectivity index is 1.54. The number of anilines is 2. The van der Waals surface area contributed by atoms with Gasteiger partial charge in [0.05, 0.1) is 25.1 Å². The minimum atomic E-state index is -0.182. The third kappa shape index (κ3) is 5.28. The average molecular weight is 368 g/mol. The third-order valence-corrected chi connectivity index (χ3v) is 4.84. The largest absolute Gasteiger partial charge is 0.383 e. The van der Waals surface area contributed by atoms with Gasteiger partial charge in [-0.15, -0.1) is 0 Å². The molecule has 1 saturated heterocycles. The molecule has 0 unspecified atom stereocenters. The Labute approximate surface area is 160 Å². The molecule has 1 fully saturated rings. The summed E-state index contributed by atoms with van der Waals surface area (Å²) < 4.78 is 5.35. The number of carbonyl (C=O) groups is 1. The summed E-state index contributed by atoms with van der Waals surface area (Å²) in [7, 11) is 0. The summed E-state index contributed by atoms with van der Waals surface area (Å²) in [5, 5.41) is 6.37. The van der Waals surface area contributed by atoms with Crippen molar-refractivity contribution in [2.45, 2.75) is 20.3 Å². The summed E-state index contributed by atoms with van der Waals surface area (Å²) in [6.45, 7) is 9.49. The second-order valence-corrected chi connectivity index (χ2v) is 6.73. The van der Waals surface area contributed by atoms with Gasteiger partial charge in [0, 0.05) is 31.9 Å². The Hall–Kier alpha value is -2.44. The Morgan fingerprint density at radius 1 is 1.22 bits per heavy atom. The molecule has 0 bridgehead atoms. The number of pyridine rings is 1. The maximum atomic E-state index is 12.6. The molecule has 27 heavy (non-hydrogen) atoms. The summed E-state index contributed by atoms with van der Waals surface area (Å²) in [4.78, 5) is 19.2. The first-order valence-corrected chi connectivity index (χ1v) is 9.57. The molecule has 6 nitrogen and oxygen atoms in total. The van der Waals surface area contributed by atoms with Crippen LogP contribution >= 0.6 is 0 Å². The van der Waals surface area contributed by atoms with Crippen molar-refractivity contribution in [1.82, 2.24) is 9.88 Å². The lowest BCUT2D eigenvalue weighted by atomic mass is 10.1. The van der Waals surface area contributed by atoms with Crippen molar-refractivity contribution in [1.29, 1.82) is 0 Å². The number of hydrogen-bond acceptors (Lipinski definition) is 5. The van der Waals surface area contributed by atoms with Crippen LogP contribution in [0.3, 0.4) is 0 Å². The number of aryl methyl sites for hydroxylation is 2. The molecule has 1 aliphatic heterocycles. The second-order valence-electron chi connectivity index (χ2n) is 6.73. The molecule has 144 valence electrons. The van der Waals surface area contributed by atoms with E-state index < -0.39 is 0 Å². The van der Waals surface area contributed by atoms with Gasteiger partial charge in [-0.1, -0.05) is 25.1 Å². The average Bonchev–Trinajstić information content (AvgIpc) is 2.71. The fourth-order valence-corrected chi connectivity index (χ4v) is 3.20. The SMILES string of the molecule is CCc1cccc(C)c1NC(=O)c1ccc(NCCN2CCOCC2)cn1. The van der Waals surface area contributed by atoms with E-state index in [-0.39, 0.29) is 5.91 Å². The van der Waals surface area contributed by atoms with E-state index in [9.17, 15) is 4.79 Å². The fourth-order valence-electron chi connectivity index (χ4n) is 3.20. The summed E-state index contributed by atoms with van der Waals surface area (Å²) in [6.07, 6.45) is 2.59. The highest BCUT2D eigenvalue weighted by molar-refractivity contribution is 6.03. The quantitative estimate of drug-likeness (QED) is 0.787. The number of para-hydroxylation sites is 1. The van der Waals surface area contributed by atoms with Crippen molar-refractivity contribution in [3.05, 3.63) is 53.3 Å². The third-order valence-electron chi connectivity index (χ3n) is 4.84. The molecule has 2 N–H and O–H groups in total. The zero-order chi connectivity index (χ0) is 19.1. The Kier molecular flexibility index (Phi) is 6.79. The summed E-state index contributed by atoms with van der Waals surface area (Å²) in [5.41, 5.74) is 4.41. The zero-order valence-corrected chi connectivity index (χ0v) is 16.1. The van der Waals surface area contributed by atoms with Crippen molar-refractivity contribution in [2.75, 3.05) is 50.0 Å². The Morgan fingerprint density at radius 2 is 2.04 bits per heavy atom. The molecule has 1 amide bonds. The molecule has 0 spiro atoms. The molecule has 1 aromatic carbocycles. The van der Waals surface area contributed by atoms with Crippen molar-refractivity contribution in [2.24, 2.45) is 0 Å². The van der Waals surface area contributed by atoms with E-state index in [1.807, 2.05) is 31.2 Å². The summed E-state index contributed by atoms with van der Waals surface area (Å²) in [6, 6.07) is 9.72. The van der Waals surface area contributed by atoms with Crippen LogP contribution in [0.1, 0.15) is 28.5 Å². The molecule has 3 rings (SSSR count). The van der Waals surface area contributed by atoms with Crippen LogP contribution in [-0.4, -0.2) is 55.2 Å². The molecule has 6 heteroatoms. The molecule has 2 heterocycles. The van der Waals surface area contributed by atoms with Gasteiger partial charge in [-0.2, -0.15) is 0 Å². The lowest BCUT2D eigenvalue weighted by molar-refractivity contribution is 0.0398. The minimum absolute atomic E-state index is 0.182. The van der Waals surface area contributed by atoms with E-state index in [1.54, 1.807) is 12.3 Å². The monoisotopic (exact) mass is 368 g/mol. The van der Waals surface area contributed by atoms with Crippen LogP contribution in [0.25, 0.3) is 0 Å². The summed E-state index contributed by atoms with van der Waals surface area (Å²) in [5.74, 6) is -0.182. The highest BCUT2D eigenvalue weighted by Gasteiger charge is 2.12. The van der Waals surface area contributed by atoms with Gasteiger partial charge in [-0.25, -0.2) is 4.98 Å². The second kappa shape index (κ2) is 9.48. The topological polar surface area (TPSA) is 66.5 Å². The molecule has 1 aliphatic rings. The molecular formula is C21H28N4O2. The predicted octanol–water partition coefficient (Wildman–Crippen LogP) is 2.95. The number of carbonyl (C=O) groups excluding carboxylic acids is 1. The van der Waals surface area contributed by atoms with Gasteiger partial charge < -0.3 is 15.4 Å². The van der Waals surface area contributed by atoms with Gasteiger partial charge in [0.15, 0.2) is 0 Å². The minimum Gasteiger partial charge on any atom is -0.383 e. The normalized spacial score (nSPS) is 14.7. The van der Waals surface area contributed by atoms with Crippen LogP contribution in [-0.2, 0) is 11.2 Å². The Bertz CT molecular complexity index is 755. The van der Waals surface area contributed by atoms with E-state index >= 15 is 0 Å². The lowest BCUT2D eigenvalue weighted by Crippen LogP contribution is -2.39. The first kappa shape index (κ1) is 19.3. The van der Waals surface area contributed by atoms with Crippen LogP contribution in [0.15, 0.2) is 36.5 Å². The van der Waals surface area contributed by atoms with Crippen LogP contribution in [0, 0.1) is 6.92 Å². The molecule has 0 saturated carbocycles. The molecule has 0 radical (unpaired) electrons. The first-order valence-electron chi connectivity index (χ1n) is 9.57. The van der Waals surface area contributed by atoms with Crippen LogP contribution in [0.4, 0.5) is 11.4 Å². The predicted molar refractivity (Wildman–Crippen MR) is 108 cm³/mol. The van der Waals surface area contributed by atoms with Crippen molar-refractivity contribution >= 4 is 17.3 Å². The summed E-state index contributed by atoms with van der Waals surface area (Å²) >= 11 is 0. The van der Waals surface area contributed by atoms with Gasteiger partial charge in [-0.3, -0.25) is 9.69 Å². The van der Waals surface area contributed by atoms with Crippen molar-refractivity contribution in [3.8, 4) is 0 Å². The molecule has 0 atom stereocenters. The number of rotatable bonds is 7. The maximum absolute atomic E-state index is 12.6. The number of amides is 1. The van der Waals surface area contributed by atoms with E-state index in [1.165, 1.54) is 0 Å². The highest BCUT2D eigenvalue weighted by Crippen LogP contribution is 2.21. The van der Waals surface area contributed by atoms with Gasteiger partial charge in [-0.05, 0) is 36.6 Å². The molecule has 0 aliphatic carbocycles. The van der Waals surface area contributed by atoms with Crippen LogP contribution < -0.4 is 10.6 Å². The lowest BCUT2D eigenvalue weighted by Gasteiger charge is -2.26. The number of benzene rings is 1.